The number of esters is 1. The van der Waals surface area contributed by atoms with Crippen LogP contribution in [0.3, 0.4) is 0 Å². The Morgan fingerprint density at radius 2 is 1.46 bits per heavy atom. The zero-order valence-electron chi connectivity index (χ0n) is 15.5. The van der Waals surface area contributed by atoms with Gasteiger partial charge in [0.1, 0.15) is 5.60 Å². The second-order valence-corrected chi connectivity index (χ2v) is 8.38. The highest BCUT2D eigenvalue weighted by Gasteiger charge is 2.59. The van der Waals surface area contributed by atoms with Crippen LogP contribution in [0, 0.1) is 23.7 Å². The molecule has 28 heavy (non-hydrogen) atoms. The first-order chi connectivity index (χ1) is 12.9. The summed E-state index contributed by atoms with van der Waals surface area (Å²) < 4.78 is 85.1. The molecule has 0 aromatic carbocycles. The third-order valence-electron chi connectivity index (χ3n) is 6.66. The predicted molar refractivity (Wildman–Crippen MR) is 87.1 cm³/mol. The topological polar surface area (TPSA) is 35.5 Å². The Hall–Kier alpha value is -1.25. The standard InChI is InChI=1S/C19H24F6O3/c1-3-17(13-5-11-4-12(7-13)8-14(17)6-11)28-15(26)10(2)9-27-16(18(20,21)22)19(23,24)25/h11-14,16H,2-9H2,1H3. The van der Waals surface area contributed by atoms with E-state index >= 15 is 0 Å². The predicted octanol–water partition coefficient (Wildman–Crippen LogP) is 5.20. The Balaban J connectivity index is 1.64. The lowest BCUT2D eigenvalue weighted by molar-refractivity contribution is -0.320. The number of rotatable bonds is 6. The smallest absolute Gasteiger partial charge is 0.423 e. The van der Waals surface area contributed by atoms with Gasteiger partial charge in [-0.3, -0.25) is 0 Å². The lowest BCUT2D eigenvalue weighted by Gasteiger charge is -2.60. The molecule has 4 fully saturated rings. The van der Waals surface area contributed by atoms with Gasteiger partial charge in [0.05, 0.1) is 12.2 Å². The molecule has 0 saturated heterocycles. The van der Waals surface area contributed by atoms with Crippen molar-refractivity contribution in [2.45, 2.75) is 69.5 Å². The Morgan fingerprint density at radius 3 is 1.86 bits per heavy atom. The summed E-state index contributed by atoms with van der Waals surface area (Å²) in [6, 6.07) is 0. The first-order valence-electron chi connectivity index (χ1n) is 9.53. The number of carbonyl (C=O) groups excluding carboxylic acids is 1. The van der Waals surface area contributed by atoms with Crippen LogP contribution in [-0.4, -0.2) is 36.6 Å². The number of hydrogen-bond donors (Lipinski definition) is 0. The van der Waals surface area contributed by atoms with E-state index in [-0.39, 0.29) is 11.8 Å². The zero-order valence-corrected chi connectivity index (χ0v) is 15.5. The van der Waals surface area contributed by atoms with Gasteiger partial charge in [-0.1, -0.05) is 13.5 Å². The second kappa shape index (κ2) is 7.22. The lowest BCUT2D eigenvalue weighted by atomic mass is 9.49. The molecule has 4 aliphatic rings. The van der Waals surface area contributed by atoms with Crippen LogP contribution in [0.1, 0.15) is 45.4 Å². The van der Waals surface area contributed by atoms with E-state index in [0.29, 0.717) is 18.3 Å². The largest absolute Gasteiger partial charge is 0.455 e. The van der Waals surface area contributed by atoms with Crippen molar-refractivity contribution in [3.8, 4) is 0 Å². The number of carbonyl (C=O) groups is 1. The summed E-state index contributed by atoms with van der Waals surface area (Å²) in [7, 11) is 0. The molecule has 4 aliphatic carbocycles. The van der Waals surface area contributed by atoms with Crippen LogP contribution in [-0.2, 0) is 14.3 Å². The van der Waals surface area contributed by atoms with Gasteiger partial charge in [0.25, 0.3) is 0 Å². The summed E-state index contributed by atoms with van der Waals surface area (Å²) in [4.78, 5) is 12.4. The summed E-state index contributed by atoms with van der Waals surface area (Å²) in [5, 5.41) is 0. The highest BCUT2D eigenvalue weighted by Crippen LogP contribution is 2.60. The molecular weight excluding hydrogens is 390 g/mol. The van der Waals surface area contributed by atoms with Gasteiger partial charge < -0.3 is 9.47 Å². The van der Waals surface area contributed by atoms with E-state index in [2.05, 4.69) is 11.3 Å². The van der Waals surface area contributed by atoms with Crippen LogP contribution in [0.25, 0.3) is 0 Å². The van der Waals surface area contributed by atoms with Gasteiger partial charge in [0, 0.05) is 0 Å². The number of alkyl halides is 6. The molecule has 3 nitrogen and oxygen atoms in total. The van der Waals surface area contributed by atoms with E-state index in [1.807, 2.05) is 6.92 Å². The van der Waals surface area contributed by atoms with Crippen molar-refractivity contribution < 1.29 is 40.6 Å². The quantitative estimate of drug-likeness (QED) is 0.341. The normalized spacial score (nSPS) is 34.7. The molecule has 4 bridgehead atoms. The molecule has 0 aromatic heterocycles. The molecule has 0 amide bonds. The number of hydrogen-bond acceptors (Lipinski definition) is 3. The molecule has 160 valence electrons. The molecule has 0 atom stereocenters. The van der Waals surface area contributed by atoms with E-state index in [0.717, 1.165) is 25.7 Å². The fourth-order valence-electron chi connectivity index (χ4n) is 5.66. The molecule has 0 N–H and O–H groups in total. The summed E-state index contributed by atoms with van der Waals surface area (Å²) in [6.07, 6.45) is -9.69. The zero-order chi connectivity index (χ0) is 20.9. The number of ether oxygens (including phenoxy) is 2. The lowest BCUT2D eigenvalue weighted by Crippen LogP contribution is -2.59. The van der Waals surface area contributed by atoms with Crippen LogP contribution in [0.2, 0.25) is 0 Å². The van der Waals surface area contributed by atoms with E-state index in [9.17, 15) is 31.1 Å². The van der Waals surface area contributed by atoms with Gasteiger partial charge in [0.2, 0.25) is 6.10 Å². The van der Waals surface area contributed by atoms with E-state index in [1.54, 1.807) is 0 Å². The molecule has 0 aliphatic heterocycles. The molecule has 9 heteroatoms. The number of halogens is 6. The summed E-state index contributed by atoms with van der Waals surface area (Å²) in [5.41, 5.74) is -1.25. The van der Waals surface area contributed by atoms with Crippen molar-refractivity contribution in [3.63, 3.8) is 0 Å². The van der Waals surface area contributed by atoms with Gasteiger partial charge in [-0.25, -0.2) is 4.79 Å². The van der Waals surface area contributed by atoms with E-state index < -0.39 is 42.2 Å². The van der Waals surface area contributed by atoms with Crippen molar-refractivity contribution in [2.24, 2.45) is 23.7 Å². The fourth-order valence-corrected chi connectivity index (χ4v) is 5.66. The Bertz CT molecular complexity index is 582. The third kappa shape index (κ3) is 3.91. The van der Waals surface area contributed by atoms with Crippen molar-refractivity contribution in [1.82, 2.24) is 0 Å². The first kappa shape index (κ1) is 21.5. The van der Waals surface area contributed by atoms with Crippen LogP contribution in [0.4, 0.5) is 26.3 Å². The Morgan fingerprint density at radius 1 is 1.00 bits per heavy atom. The van der Waals surface area contributed by atoms with Crippen molar-refractivity contribution >= 4 is 5.97 Å². The van der Waals surface area contributed by atoms with E-state index in [1.165, 1.54) is 6.42 Å². The molecule has 0 unspecified atom stereocenters. The summed E-state index contributed by atoms with van der Waals surface area (Å²) >= 11 is 0. The maximum absolute atomic E-state index is 12.6. The molecule has 0 radical (unpaired) electrons. The maximum atomic E-state index is 12.6. The fraction of sp³-hybridized carbons (Fsp3) is 0.842. The molecule has 4 saturated carbocycles. The van der Waals surface area contributed by atoms with Gasteiger partial charge in [0.15, 0.2) is 0 Å². The third-order valence-corrected chi connectivity index (χ3v) is 6.66. The minimum atomic E-state index is -5.63. The average Bonchev–Trinajstić information content (AvgIpc) is 2.55. The van der Waals surface area contributed by atoms with E-state index in [4.69, 9.17) is 4.74 Å². The minimum Gasteiger partial charge on any atom is -0.455 e. The maximum Gasteiger partial charge on any atom is 0.423 e. The molecular formula is C19H24F6O3. The average molecular weight is 414 g/mol. The summed E-state index contributed by atoms with van der Waals surface area (Å²) in [5.74, 6) is 0.630. The van der Waals surface area contributed by atoms with Crippen LogP contribution < -0.4 is 0 Å². The minimum absolute atomic E-state index is 0.185. The molecule has 0 aromatic rings. The van der Waals surface area contributed by atoms with Gasteiger partial charge >= 0.3 is 18.3 Å². The van der Waals surface area contributed by atoms with Crippen molar-refractivity contribution in [1.29, 1.82) is 0 Å². The molecule has 0 spiro atoms. The molecule has 4 rings (SSSR count). The monoisotopic (exact) mass is 414 g/mol. The van der Waals surface area contributed by atoms with Crippen LogP contribution >= 0.6 is 0 Å². The van der Waals surface area contributed by atoms with Gasteiger partial charge in [-0.15, -0.1) is 0 Å². The Kier molecular flexibility index (Phi) is 5.53. The van der Waals surface area contributed by atoms with Crippen molar-refractivity contribution in [2.75, 3.05) is 6.61 Å². The SMILES string of the molecule is C=C(COC(C(F)(F)F)C(F)(F)F)C(=O)OC1(CC)C2CC3CC(C2)CC1C3. The van der Waals surface area contributed by atoms with Crippen LogP contribution in [0.15, 0.2) is 12.2 Å². The van der Waals surface area contributed by atoms with Crippen molar-refractivity contribution in [3.05, 3.63) is 12.2 Å². The van der Waals surface area contributed by atoms with Gasteiger partial charge in [-0.05, 0) is 62.2 Å². The Labute approximate surface area is 159 Å². The van der Waals surface area contributed by atoms with Gasteiger partial charge in [-0.2, -0.15) is 26.3 Å². The highest BCUT2D eigenvalue weighted by atomic mass is 19.4. The second-order valence-electron chi connectivity index (χ2n) is 8.38. The highest BCUT2D eigenvalue weighted by molar-refractivity contribution is 5.88. The van der Waals surface area contributed by atoms with Crippen LogP contribution in [0.5, 0.6) is 0 Å². The summed E-state index contributed by atoms with van der Waals surface area (Å²) in [6.45, 7) is 4.01. The molecule has 0 heterocycles. The first-order valence-corrected chi connectivity index (χ1v) is 9.53.